The van der Waals surface area contributed by atoms with Gasteiger partial charge in [-0.1, -0.05) is 36.4 Å². The second-order valence-corrected chi connectivity index (χ2v) is 9.05. The van der Waals surface area contributed by atoms with Crippen LogP contribution in [0.1, 0.15) is 31.3 Å². The molecule has 3 aromatic rings. The molecular weight excluding hydrogens is 376 g/mol. The minimum atomic E-state index is -3.69. The molecule has 0 unspecified atom stereocenters. The predicted octanol–water partition coefficient (Wildman–Crippen LogP) is 3.41. The van der Waals surface area contributed by atoms with Crippen molar-refractivity contribution in [2.24, 2.45) is 0 Å². The molecule has 0 aliphatic carbocycles. The summed E-state index contributed by atoms with van der Waals surface area (Å²) in [6.45, 7) is 5.29. The second-order valence-electron chi connectivity index (χ2n) is 7.37. The first kappa shape index (κ1) is 19.8. The fourth-order valence-corrected chi connectivity index (χ4v) is 4.06. The number of carbonyl (C=O) groups is 1. The largest absolute Gasteiger partial charge is 0.321 e. The highest BCUT2D eigenvalue weighted by atomic mass is 32.2. The van der Waals surface area contributed by atoms with Crippen LogP contribution < -0.4 is 10.0 Å². The molecule has 1 aromatic heterocycles. The maximum Gasteiger partial charge on any atom is 0.273 e. The molecule has 0 bridgehead atoms. The highest BCUT2D eigenvalue weighted by Crippen LogP contribution is 2.20. The second kappa shape index (κ2) is 7.57. The molecule has 28 heavy (non-hydrogen) atoms. The Balaban J connectivity index is 1.78. The van der Waals surface area contributed by atoms with Crippen molar-refractivity contribution in [2.75, 3.05) is 5.32 Å². The van der Waals surface area contributed by atoms with Crippen LogP contribution in [0.5, 0.6) is 0 Å². The third-order valence-electron chi connectivity index (χ3n) is 3.73. The molecule has 0 saturated carbocycles. The average Bonchev–Trinajstić information content (AvgIpc) is 3.11. The molecule has 1 amide bonds. The molecule has 0 fully saturated rings. The highest BCUT2D eigenvalue weighted by Gasteiger charge is 2.22. The van der Waals surface area contributed by atoms with Gasteiger partial charge in [0.05, 0.1) is 10.6 Å². The zero-order valence-corrected chi connectivity index (χ0v) is 16.7. The number of sulfonamides is 1. The zero-order chi connectivity index (χ0) is 20.4. The summed E-state index contributed by atoms with van der Waals surface area (Å²) in [7, 11) is -3.69. The van der Waals surface area contributed by atoms with Crippen molar-refractivity contribution in [2.45, 2.75) is 31.2 Å². The van der Waals surface area contributed by atoms with E-state index in [1.807, 2.05) is 30.3 Å². The molecule has 7 nitrogen and oxygen atoms in total. The van der Waals surface area contributed by atoms with Gasteiger partial charge in [-0.25, -0.2) is 13.1 Å². The van der Waals surface area contributed by atoms with Gasteiger partial charge in [-0.05, 0) is 45.0 Å². The van der Waals surface area contributed by atoms with E-state index in [0.717, 1.165) is 5.56 Å². The van der Waals surface area contributed by atoms with Gasteiger partial charge in [0.1, 0.15) is 5.69 Å². The molecule has 2 aromatic carbocycles. The van der Waals surface area contributed by atoms with Gasteiger partial charge in [0.2, 0.25) is 10.0 Å². The fraction of sp³-hybridized carbons (Fsp3) is 0.200. The van der Waals surface area contributed by atoms with E-state index in [9.17, 15) is 13.2 Å². The number of H-pyrrole nitrogens is 1. The number of rotatable bonds is 5. The van der Waals surface area contributed by atoms with Crippen LogP contribution in [0.25, 0.3) is 11.3 Å². The number of hydrogen-bond acceptors (Lipinski definition) is 4. The summed E-state index contributed by atoms with van der Waals surface area (Å²) in [5.74, 6) is -0.409. The van der Waals surface area contributed by atoms with Gasteiger partial charge >= 0.3 is 0 Å². The van der Waals surface area contributed by atoms with Crippen LogP contribution in [0.4, 0.5) is 5.69 Å². The number of nitrogens with one attached hydrogen (secondary N) is 3. The first-order valence-corrected chi connectivity index (χ1v) is 10.2. The summed E-state index contributed by atoms with van der Waals surface area (Å²) >= 11 is 0. The number of nitrogens with zero attached hydrogens (tertiary/aromatic N) is 1. The quantitative estimate of drug-likeness (QED) is 0.613. The number of amides is 1. The Kier molecular flexibility index (Phi) is 5.35. The van der Waals surface area contributed by atoms with Gasteiger partial charge in [0.15, 0.2) is 0 Å². The number of carbonyl (C=O) groups excluding carboxylic acids is 1. The van der Waals surface area contributed by atoms with Crippen molar-refractivity contribution < 1.29 is 13.2 Å². The maximum atomic E-state index is 12.5. The Morgan fingerprint density at radius 3 is 2.39 bits per heavy atom. The van der Waals surface area contributed by atoms with Crippen LogP contribution in [-0.4, -0.2) is 30.1 Å². The third kappa shape index (κ3) is 4.85. The van der Waals surface area contributed by atoms with Crippen LogP contribution in [0.2, 0.25) is 0 Å². The highest BCUT2D eigenvalue weighted by molar-refractivity contribution is 7.89. The maximum absolute atomic E-state index is 12.5. The molecule has 0 spiro atoms. The summed E-state index contributed by atoms with van der Waals surface area (Å²) < 4.78 is 27.5. The Labute approximate surface area is 164 Å². The Bertz CT molecular complexity index is 1080. The van der Waals surface area contributed by atoms with Crippen LogP contribution in [0.15, 0.2) is 65.6 Å². The fourth-order valence-electron chi connectivity index (χ4n) is 2.60. The van der Waals surface area contributed by atoms with Crippen LogP contribution in [0, 0.1) is 0 Å². The van der Waals surface area contributed by atoms with Crippen molar-refractivity contribution in [1.29, 1.82) is 0 Å². The summed E-state index contributed by atoms with van der Waals surface area (Å²) in [5, 5.41) is 9.56. The summed E-state index contributed by atoms with van der Waals surface area (Å²) in [6.07, 6.45) is 0. The van der Waals surface area contributed by atoms with E-state index in [1.165, 1.54) is 12.1 Å². The monoisotopic (exact) mass is 398 g/mol. The number of anilines is 1. The molecular formula is C20H22N4O3S. The Morgan fingerprint density at radius 1 is 1.00 bits per heavy atom. The number of hydrogen-bond donors (Lipinski definition) is 3. The van der Waals surface area contributed by atoms with E-state index < -0.39 is 21.5 Å². The molecule has 8 heteroatoms. The third-order valence-corrected chi connectivity index (χ3v) is 5.49. The van der Waals surface area contributed by atoms with E-state index >= 15 is 0 Å². The smallest absolute Gasteiger partial charge is 0.273 e. The normalized spacial score (nSPS) is 12.0. The van der Waals surface area contributed by atoms with Crippen molar-refractivity contribution in [3.05, 3.63) is 66.4 Å². The minimum Gasteiger partial charge on any atom is -0.321 e. The van der Waals surface area contributed by atoms with Gasteiger partial charge < -0.3 is 5.32 Å². The van der Waals surface area contributed by atoms with Gasteiger partial charge in [-0.2, -0.15) is 5.10 Å². The summed E-state index contributed by atoms with van der Waals surface area (Å²) in [6, 6.07) is 17.2. The Hall–Kier alpha value is -2.97. The number of aromatic amines is 1. The SMILES string of the molecule is CC(C)(C)NS(=O)(=O)c1cccc(NC(=O)c2cc(-c3ccccc3)n[nH]2)c1. The lowest BCUT2D eigenvalue weighted by Gasteiger charge is -2.20. The van der Waals surface area contributed by atoms with Gasteiger partial charge in [0.25, 0.3) is 5.91 Å². The molecule has 0 radical (unpaired) electrons. The van der Waals surface area contributed by atoms with Crippen molar-refractivity contribution in [3.63, 3.8) is 0 Å². The van der Waals surface area contributed by atoms with Crippen molar-refractivity contribution in [3.8, 4) is 11.3 Å². The lowest BCUT2D eigenvalue weighted by atomic mass is 10.1. The van der Waals surface area contributed by atoms with Crippen LogP contribution >= 0.6 is 0 Å². The summed E-state index contributed by atoms with van der Waals surface area (Å²) in [4.78, 5) is 12.6. The number of benzene rings is 2. The molecule has 1 heterocycles. The standard InChI is InChI=1S/C20H22N4O3S/c1-20(2,3)24-28(26,27)16-11-7-10-15(12-16)21-19(25)18-13-17(22-23-18)14-8-5-4-6-9-14/h4-13,24H,1-3H3,(H,21,25)(H,22,23). The first-order valence-electron chi connectivity index (χ1n) is 8.70. The van der Waals surface area contributed by atoms with E-state index in [0.29, 0.717) is 11.4 Å². The Morgan fingerprint density at radius 2 is 1.71 bits per heavy atom. The van der Waals surface area contributed by atoms with Gasteiger partial charge in [-0.15, -0.1) is 0 Å². The van der Waals surface area contributed by atoms with E-state index in [4.69, 9.17) is 0 Å². The molecule has 3 rings (SSSR count). The molecule has 0 aliphatic rings. The average molecular weight is 398 g/mol. The zero-order valence-electron chi connectivity index (χ0n) is 15.9. The lowest BCUT2D eigenvalue weighted by molar-refractivity contribution is 0.102. The molecule has 0 saturated heterocycles. The van der Waals surface area contributed by atoms with E-state index in [2.05, 4.69) is 20.2 Å². The molecule has 146 valence electrons. The van der Waals surface area contributed by atoms with Crippen molar-refractivity contribution >= 4 is 21.6 Å². The van der Waals surface area contributed by atoms with Gasteiger partial charge in [-0.3, -0.25) is 9.89 Å². The molecule has 3 N–H and O–H groups in total. The van der Waals surface area contributed by atoms with Gasteiger partial charge in [0, 0.05) is 16.8 Å². The van der Waals surface area contributed by atoms with E-state index in [1.54, 1.807) is 39.0 Å². The molecule has 0 atom stereocenters. The lowest BCUT2D eigenvalue weighted by Crippen LogP contribution is -2.40. The predicted molar refractivity (Wildman–Crippen MR) is 108 cm³/mol. The topological polar surface area (TPSA) is 104 Å². The van der Waals surface area contributed by atoms with Crippen LogP contribution in [-0.2, 0) is 10.0 Å². The van der Waals surface area contributed by atoms with Crippen LogP contribution in [0.3, 0.4) is 0 Å². The molecule has 0 aliphatic heterocycles. The number of aromatic nitrogens is 2. The minimum absolute atomic E-state index is 0.0785. The summed E-state index contributed by atoms with van der Waals surface area (Å²) in [5.41, 5.74) is 1.58. The van der Waals surface area contributed by atoms with E-state index in [-0.39, 0.29) is 10.6 Å². The van der Waals surface area contributed by atoms with Crippen molar-refractivity contribution in [1.82, 2.24) is 14.9 Å². The first-order chi connectivity index (χ1) is 13.1.